The van der Waals surface area contributed by atoms with Crippen molar-refractivity contribution < 1.29 is 18.0 Å². The highest BCUT2D eigenvalue weighted by Gasteiger charge is 2.15. The zero-order chi connectivity index (χ0) is 20.9. The fourth-order valence-electron chi connectivity index (χ4n) is 2.47. The van der Waals surface area contributed by atoms with E-state index in [1.165, 1.54) is 36.4 Å². The van der Waals surface area contributed by atoms with E-state index >= 15 is 0 Å². The molecule has 29 heavy (non-hydrogen) atoms. The summed E-state index contributed by atoms with van der Waals surface area (Å²) in [7, 11) is -3.86. The molecule has 1 amide bonds. The van der Waals surface area contributed by atoms with E-state index in [4.69, 9.17) is 11.6 Å². The maximum atomic E-state index is 12.4. The topological polar surface area (TPSA) is 123 Å². The third kappa shape index (κ3) is 5.39. The number of amides is 1. The number of aldehydes is 1. The van der Waals surface area contributed by atoms with Crippen LogP contribution in [0, 0.1) is 0 Å². The molecular weight excluding hydrogens is 418 g/mol. The Morgan fingerprint density at radius 1 is 1.10 bits per heavy atom. The summed E-state index contributed by atoms with van der Waals surface area (Å²) in [5, 5.41) is 10.0. The van der Waals surface area contributed by atoms with Gasteiger partial charge in [0.25, 0.3) is 10.0 Å². The van der Waals surface area contributed by atoms with Gasteiger partial charge in [-0.05, 0) is 48.5 Å². The summed E-state index contributed by atoms with van der Waals surface area (Å²) in [5.41, 5.74) is 0.939. The standard InChI is InChI=1S/C18H16ClN5O4S/c19-16-7-8-17(22-21-16)23-29(27,28)15-5-3-13(4-6-15)20-18(26)9-11-24-10-1-2-14(24)12-25/h1-8,10,12H,9,11H2,(H,20,26)(H,22,23). The lowest BCUT2D eigenvalue weighted by Gasteiger charge is -2.09. The minimum Gasteiger partial charge on any atom is -0.345 e. The predicted octanol–water partition coefficient (Wildman–Crippen LogP) is 2.57. The Morgan fingerprint density at radius 3 is 2.52 bits per heavy atom. The van der Waals surface area contributed by atoms with Gasteiger partial charge in [-0.25, -0.2) is 8.42 Å². The van der Waals surface area contributed by atoms with Crippen LogP contribution in [0.2, 0.25) is 5.15 Å². The maximum Gasteiger partial charge on any atom is 0.263 e. The van der Waals surface area contributed by atoms with Gasteiger partial charge in [0.1, 0.15) is 0 Å². The van der Waals surface area contributed by atoms with E-state index in [1.54, 1.807) is 22.9 Å². The third-order valence-corrected chi connectivity index (χ3v) is 5.46. The number of sulfonamides is 1. The summed E-state index contributed by atoms with van der Waals surface area (Å²) in [6.07, 6.45) is 2.60. The molecule has 0 aliphatic heterocycles. The van der Waals surface area contributed by atoms with Crippen LogP contribution in [0.25, 0.3) is 0 Å². The largest absolute Gasteiger partial charge is 0.345 e. The molecule has 3 rings (SSSR count). The van der Waals surface area contributed by atoms with E-state index < -0.39 is 10.0 Å². The number of rotatable bonds is 8. The van der Waals surface area contributed by atoms with Gasteiger partial charge in [0, 0.05) is 24.8 Å². The lowest BCUT2D eigenvalue weighted by atomic mass is 10.3. The van der Waals surface area contributed by atoms with Crippen LogP contribution in [0.3, 0.4) is 0 Å². The van der Waals surface area contributed by atoms with Gasteiger partial charge in [-0.3, -0.25) is 14.3 Å². The second kappa shape index (κ2) is 8.84. The lowest BCUT2D eigenvalue weighted by Crippen LogP contribution is -2.16. The smallest absolute Gasteiger partial charge is 0.263 e. The average Bonchev–Trinajstić information content (AvgIpc) is 3.16. The average molecular weight is 434 g/mol. The van der Waals surface area contributed by atoms with E-state index in [0.29, 0.717) is 17.9 Å². The molecule has 150 valence electrons. The molecule has 0 fully saturated rings. The van der Waals surface area contributed by atoms with Crippen LogP contribution in [-0.4, -0.2) is 35.4 Å². The van der Waals surface area contributed by atoms with Crippen molar-refractivity contribution in [3.63, 3.8) is 0 Å². The van der Waals surface area contributed by atoms with Gasteiger partial charge in [0.05, 0.1) is 10.6 Å². The number of anilines is 2. The van der Waals surface area contributed by atoms with Gasteiger partial charge in [0.2, 0.25) is 5.91 Å². The Morgan fingerprint density at radius 2 is 1.86 bits per heavy atom. The molecule has 2 heterocycles. The van der Waals surface area contributed by atoms with Crippen LogP contribution in [0.4, 0.5) is 11.5 Å². The number of halogens is 1. The highest BCUT2D eigenvalue weighted by atomic mass is 35.5. The Labute approximate surface area is 171 Å². The van der Waals surface area contributed by atoms with Crippen LogP contribution in [0.1, 0.15) is 16.9 Å². The Balaban J connectivity index is 1.59. The number of nitrogens with one attached hydrogen (secondary N) is 2. The van der Waals surface area contributed by atoms with Gasteiger partial charge >= 0.3 is 0 Å². The van der Waals surface area contributed by atoms with Crippen molar-refractivity contribution in [1.29, 1.82) is 0 Å². The Kier molecular flexibility index (Phi) is 6.25. The summed E-state index contributed by atoms with van der Waals surface area (Å²) < 4.78 is 28.7. The number of carbonyl (C=O) groups excluding carboxylic acids is 2. The summed E-state index contributed by atoms with van der Waals surface area (Å²) >= 11 is 5.62. The maximum absolute atomic E-state index is 12.4. The second-order valence-corrected chi connectivity index (χ2v) is 7.98. The minimum absolute atomic E-state index is 0.00443. The molecule has 0 saturated heterocycles. The number of nitrogens with zero attached hydrogens (tertiary/aromatic N) is 3. The molecule has 0 aliphatic carbocycles. The molecule has 9 nitrogen and oxygen atoms in total. The van der Waals surface area contributed by atoms with Crippen molar-refractivity contribution in [2.24, 2.45) is 0 Å². The molecular formula is C18H16ClN5O4S. The summed E-state index contributed by atoms with van der Waals surface area (Å²) in [6.45, 7) is 0.353. The zero-order valence-electron chi connectivity index (χ0n) is 14.9. The first-order valence-corrected chi connectivity index (χ1v) is 10.3. The molecule has 2 aromatic heterocycles. The Hall–Kier alpha value is -3.24. The van der Waals surface area contributed by atoms with Gasteiger partial charge in [-0.15, -0.1) is 10.2 Å². The number of aromatic nitrogens is 3. The molecule has 0 bridgehead atoms. The van der Waals surface area contributed by atoms with E-state index in [9.17, 15) is 18.0 Å². The van der Waals surface area contributed by atoms with Crippen LogP contribution < -0.4 is 10.0 Å². The zero-order valence-corrected chi connectivity index (χ0v) is 16.5. The van der Waals surface area contributed by atoms with E-state index in [0.717, 1.165) is 6.29 Å². The van der Waals surface area contributed by atoms with Crippen molar-refractivity contribution in [1.82, 2.24) is 14.8 Å². The van der Waals surface area contributed by atoms with E-state index in [-0.39, 0.29) is 28.2 Å². The molecule has 3 aromatic rings. The number of benzene rings is 1. The van der Waals surface area contributed by atoms with Gasteiger partial charge < -0.3 is 9.88 Å². The van der Waals surface area contributed by atoms with Crippen molar-refractivity contribution in [3.8, 4) is 0 Å². The van der Waals surface area contributed by atoms with Crippen molar-refractivity contribution in [2.75, 3.05) is 10.0 Å². The highest BCUT2D eigenvalue weighted by molar-refractivity contribution is 7.92. The molecule has 2 N–H and O–H groups in total. The summed E-state index contributed by atoms with van der Waals surface area (Å²) in [5.74, 6) is -0.229. The Bertz CT molecular complexity index is 1110. The first kappa shape index (κ1) is 20.5. The fraction of sp³-hybridized carbons (Fsp3) is 0.111. The quantitative estimate of drug-likeness (QED) is 0.526. The first-order chi connectivity index (χ1) is 13.9. The SMILES string of the molecule is O=Cc1cccn1CCC(=O)Nc1ccc(S(=O)(=O)Nc2ccc(Cl)nn2)cc1. The molecule has 11 heteroatoms. The highest BCUT2D eigenvalue weighted by Crippen LogP contribution is 2.17. The van der Waals surface area contributed by atoms with Crippen LogP contribution in [0.5, 0.6) is 0 Å². The molecule has 0 radical (unpaired) electrons. The summed E-state index contributed by atoms with van der Waals surface area (Å²) in [6, 6.07) is 11.9. The molecule has 0 atom stereocenters. The van der Waals surface area contributed by atoms with Crippen LogP contribution >= 0.6 is 11.6 Å². The second-order valence-electron chi connectivity index (χ2n) is 5.91. The molecule has 0 spiro atoms. The number of carbonyl (C=O) groups is 2. The van der Waals surface area contributed by atoms with Crippen molar-refractivity contribution >= 4 is 45.3 Å². The first-order valence-electron chi connectivity index (χ1n) is 8.40. The monoisotopic (exact) mass is 433 g/mol. The third-order valence-electron chi connectivity index (χ3n) is 3.88. The number of hydrogen-bond acceptors (Lipinski definition) is 6. The minimum atomic E-state index is -3.86. The van der Waals surface area contributed by atoms with Gasteiger partial charge in [-0.1, -0.05) is 11.6 Å². The van der Waals surface area contributed by atoms with Crippen LogP contribution in [0.15, 0.2) is 59.6 Å². The molecule has 0 saturated carbocycles. The molecule has 0 unspecified atom stereocenters. The van der Waals surface area contributed by atoms with Gasteiger partial charge in [-0.2, -0.15) is 0 Å². The molecule has 1 aromatic carbocycles. The normalized spacial score (nSPS) is 11.1. The van der Waals surface area contributed by atoms with E-state index in [1.807, 2.05) is 0 Å². The fourth-order valence-corrected chi connectivity index (χ4v) is 3.57. The summed E-state index contributed by atoms with van der Waals surface area (Å²) in [4.78, 5) is 23.0. The van der Waals surface area contributed by atoms with E-state index in [2.05, 4.69) is 20.2 Å². The lowest BCUT2D eigenvalue weighted by molar-refractivity contribution is -0.116. The predicted molar refractivity (Wildman–Crippen MR) is 107 cm³/mol. The van der Waals surface area contributed by atoms with Crippen molar-refractivity contribution in [3.05, 3.63) is 65.6 Å². The van der Waals surface area contributed by atoms with Crippen LogP contribution in [-0.2, 0) is 21.4 Å². The van der Waals surface area contributed by atoms with Gasteiger partial charge in [0.15, 0.2) is 17.3 Å². The number of hydrogen-bond donors (Lipinski definition) is 2. The number of aryl methyl sites for hydroxylation is 1. The van der Waals surface area contributed by atoms with Crippen molar-refractivity contribution in [2.45, 2.75) is 17.9 Å². The molecule has 0 aliphatic rings.